The van der Waals surface area contributed by atoms with Gasteiger partial charge < -0.3 is 5.32 Å². The summed E-state index contributed by atoms with van der Waals surface area (Å²) >= 11 is 0. The van der Waals surface area contributed by atoms with Gasteiger partial charge >= 0.3 is 0 Å². The molecule has 2 nitrogen and oxygen atoms in total. The summed E-state index contributed by atoms with van der Waals surface area (Å²) in [7, 11) is 0. The van der Waals surface area contributed by atoms with Crippen LogP contribution in [-0.4, -0.2) is 11.5 Å². The topological polar surface area (TPSA) is 24.9 Å². The second-order valence-electron chi connectivity index (χ2n) is 4.03. The Morgan fingerprint density at radius 1 is 1.54 bits per heavy atom. The van der Waals surface area contributed by atoms with Crippen LogP contribution in [0.5, 0.6) is 0 Å². The molecule has 2 heterocycles. The lowest BCUT2D eigenvalue weighted by Gasteiger charge is -2.27. The summed E-state index contributed by atoms with van der Waals surface area (Å²) in [6, 6.07) is 4.19. The number of rotatable bonds is 1. The molecule has 1 unspecified atom stereocenters. The lowest BCUT2D eigenvalue weighted by Crippen LogP contribution is -2.31. The fourth-order valence-corrected chi connectivity index (χ4v) is 1.94. The van der Waals surface area contributed by atoms with Gasteiger partial charge in [-0.25, -0.2) is 0 Å². The molecule has 13 heavy (non-hydrogen) atoms. The lowest BCUT2D eigenvalue weighted by molar-refractivity contribution is 0.426. The van der Waals surface area contributed by atoms with Gasteiger partial charge in [0.25, 0.3) is 0 Å². The molecule has 0 aliphatic carbocycles. The Morgan fingerprint density at radius 2 is 2.38 bits per heavy atom. The van der Waals surface area contributed by atoms with E-state index in [1.165, 1.54) is 11.3 Å². The minimum absolute atomic E-state index is 0.588. The fraction of sp³-hybridized carbons (Fsp3) is 0.545. The van der Waals surface area contributed by atoms with Gasteiger partial charge in [-0.05, 0) is 17.5 Å². The Bertz CT molecular complexity index is 294. The maximum Gasteiger partial charge on any atom is 0.0494 e. The molecule has 0 aromatic carbocycles. The van der Waals surface area contributed by atoms with Gasteiger partial charge in [0.15, 0.2) is 0 Å². The first-order chi connectivity index (χ1) is 6.29. The van der Waals surface area contributed by atoms with Gasteiger partial charge in [0.05, 0.1) is 0 Å². The Morgan fingerprint density at radius 3 is 3.15 bits per heavy atom. The monoisotopic (exact) mass is 176 g/mol. The SMILES string of the molecule is CC(C)C1CNCc2cccnc21. The van der Waals surface area contributed by atoms with Crippen LogP contribution >= 0.6 is 0 Å². The Hall–Kier alpha value is -0.890. The van der Waals surface area contributed by atoms with Gasteiger partial charge in [0, 0.05) is 30.9 Å². The summed E-state index contributed by atoms with van der Waals surface area (Å²) in [5.41, 5.74) is 2.67. The van der Waals surface area contributed by atoms with Gasteiger partial charge in [0.1, 0.15) is 0 Å². The van der Waals surface area contributed by atoms with Crippen molar-refractivity contribution in [2.75, 3.05) is 6.54 Å². The maximum absolute atomic E-state index is 4.48. The van der Waals surface area contributed by atoms with Crippen LogP contribution in [0, 0.1) is 5.92 Å². The average molecular weight is 176 g/mol. The number of nitrogens with zero attached hydrogens (tertiary/aromatic N) is 1. The van der Waals surface area contributed by atoms with E-state index >= 15 is 0 Å². The maximum atomic E-state index is 4.48. The highest BCUT2D eigenvalue weighted by Crippen LogP contribution is 2.27. The molecule has 1 aliphatic rings. The van der Waals surface area contributed by atoms with Crippen molar-refractivity contribution in [1.29, 1.82) is 0 Å². The van der Waals surface area contributed by atoms with Crippen LogP contribution in [-0.2, 0) is 6.54 Å². The van der Waals surface area contributed by atoms with Crippen molar-refractivity contribution in [2.24, 2.45) is 5.92 Å². The summed E-state index contributed by atoms with van der Waals surface area (Å²) in [5.74, 6) is 1.26. The van der Waals surface area contributed by atoms with Crippen molar-refractivity contribution in [3.8, 4) is 0 Å². The van der Waals surface area contributed by atoms with E-state index in [4.69, 9.17) is 0 Å². The number of hydrogen-bond donors (Lipinski definition) is 1. The van der Waals surface area contributed by atoms with Gasteiger partial charge in [-0.15, -0.1) is 0 Å². The number of fused-ring (bicyclic) bond motifs is 1. The van der Waals surface area contributed by atoms with Gasteiger partial charge in [-0.3, -0.25) is 4.98 Å². The lowest BCUT2D eigenvalue weighted by atomic mass is 9.87. The molecule has 0 spiro atoms. The smallest absolute Gasteiger partial charge is 0.0494 e. The highest BCUT2D eigenvalue weighted by atomic mass is 14.9. The van der Waals surface area contributed by atoms with Crippen LogP contribution < -0.4 is 5.32 Å². The minimum Gasteiger partial charge on any atom is -0.312 e. The van der Waals surface area contributed by atoms with E-state index in [1.54, 1.807) is 0 Å². The summed E-state index contributed by atoms with van der Waals surface area (Å²) < 4.78 is 0. The van der Waals surface area contributed by atoms with Crippen molar-refractivity contribution in [2.45, 2.75) is 26.3 Å². The van der Waals surface area contributed by atoms with E-state index in [0.29, 0.717) is 11.8 Å². The molecule has 1 N–H and O–H groups in total. The van der Waals surface area contributed by atoms with Gasteiger partial charge in [0.2, 0.25) is 0 Å². The van der Waals surface area contributed by atoms with Gasteiger partial charge in [-0.1, -0.05) is 19.9 Å². The summed E-state index contributed by atoms with van der Waals surface area (Å²) in [5, 5.41) is 3.43. The van der Waals surface area contributed by atoms with Crippen LogP contribution in [0.4, 0.5) is 0 Å². The minimum atomic E-state index is 0.588. The van der Waals surface area contributed by atoms with Crippen molar-refractivity contribution in [3.63, 3.8) is 0 Å². The first-order valence-corrected chi connectivity index (χ1v) is 4.93. The van der Waals surface area contributed by atoms with Crippen molar-refractivity contribution in [3.05, 3.63) is 29.6 Å². The third-order valence-corrected chi connectivity index (χ3v) is 2.76. The van der Waals surface area contributed by atoms with E-state index in [2.05, 4.69) is 30.2 Å². The van der Waals surface area contributed by atoms with E-state index in [9.17, 15) is 0 Å². The quantitative estimate of drug-likeness (QED) is 0.707. The van der Waals surface area contributed by atoms with E-state index < -0.39 is 0 Å². The summed E-state index contributed by atoms with van der Waals surface area (Å²) in [6.45, 7) is 6.57. The number of hydrogen-bond acceptors (Lipinski definition) is 2. The van der Waals surface area contributed by atoms with Crippen LogP contribution in [0.3, 0.4) is 0 Å². The molecule has 0 radical (unpaired) electrons. The van der Waals surface area contributed by atoms with Crippen molar-refractivity contribution in [1.82, 2.24) is 10.3 Å². The molecule has 2 rings (SSSR count). The molecular formula is C11H16N2. The second-order valence-corrected chi connectivity index (χ2v) is 4.03. The molecule has 1 aromatic heterocycles. The zero-order valence-corrected chi connectivity index (χ0v) is 8.25. The fourth-order valence-electron chi connectivity index (χ4n) is 1.94. The first kappa shape index (κ1) is 8.70. The summed E-state index contributed by atoms with van der Waals surface area (Å²) in [6.07, 6.45) is 1.90. The average Bonchev–Trinajstić information content (AvgIpc) is 2.17. The Labute approximate surface area is 79.4 Å². The van der Waals surface area contributed by atoms with Crippen LogP contribution in [0.2, 0.25) is 0 Å². The summed E-state index contributed by atoms with van der Waals surface area (Å²) in [4.78, 5) is 4.48. The third-order valence-electron chi connectivity index (χ3n) is 2.76. The molecule has 0 saturated heterocycles. The molecule has 70 valence electrons. The normalized spacial score (nSPS) is 21.6. The zero-order chi connectivity index (χ0) is 9.26. The predicted molar refractivity (Wildman–Crippen MR) is 53.5 cm³/mol. The number of aromatic nitrogens is 1. The van der Waals surface area contributed by atoms with Crippen LogP contribution in [0.25, 0.3) is 0 Å². The molecule has 1 aromatic rings. The molecule has 0 saturated carbocycles. The molecular weight excluding hydrogens is 160 g/mol. The molecule has 2 heteroatoms. The first-order valence-electron chi connectivity index (χ1n) is 4.93. The van der Waals surface area contributed by atoms with Gasteiger partial charge in [-0.2, -0.15) is 0 Å². The molecule has 0 amide bonds. The number of pyridine rings is 1. The largest absolute Gasteiger partial charge is 0.312 e. The third kappa shape index (κ3) is 1.59. The van der Waals surface area contributed by atoms with E-state index in [0.717, 1.165) is 13.1 Å². The molecule has 0 fully saturated rings. The van der Waals surface area contributed by atoms with E-state index in [-0.39, 0.29) is 0 Å². The predicted octanol–water partition coefficient (Wildman–Crippen LogP) is 1.92. The molecule has 1 aliphatic heterocycles. The molecule has 0 bridgehead atoms. The van der Waals surface area contributed by atoms with Crippen molar-refractivity contribution >= 4 is 0 Å². The number of nitrogens with one attached hydrogen (secondary N) is 1. The Kier molecular flexibility index (Phi) is 2.32. The van der Waals surface area contributed by atoms with Crippen LogP contribution in [0.15, 0.2) is 18.3 Å². The highest BCUT2D eigenvalue weighted by Gasteiger charge is 2.23. The standard InChI is InChI=1S/C11H16N2/c1-8(2)10-7-12-6-9-4-3-5-13-11(9)10/h3-5,8,10,12H,6-7H2,1-2H3. The van der Waals surface area contributed by atoms with Crippen molar-refractivity contribution < 1.29 is 0 Å². The van der Waals surface area contributed by atoms with Crippen LogP contribution in [0.1, 0.15) is 31.0 Å². The zero-order valence-electron chi connectivity index (χ0n) is 8.25. The van der Waals surface area contributed by atoms with E-state index in [1.807, 2.05) is 12.3 Å². The highest BCUT2D eigenvalue weighted by molar-refractivity contribution is 5.26. The molecule has 1 atom stereocenters. The Balaban J connectivity index is 2.37. The second kappa shape index (κ2) is 3.46.